The monoisotopic (exact) mass is 437 g/mol. The fourth-order valence-electron chi connectivity index (χ4n) is 4.40. The normalized spacial score (nSPS) is 15.3. The highest BCUT2D eigenvalue weighted by Gasteiger charge is 2.34. The number of para-hydroxylation sites is 2. The molecule has 0 spiro atoms. The van der Waals surface area contributed by atoms with Gasteiger partial charge in [-0.25, -0.2) is 4.98 Å². The highest BCUT2D eigenvalue weighted by molar-refractivity contribution is 6.11. The molecular weight excluding hydrogens is 410 g/mol. The molecule has 4 aromatic rings. The van der Waals surface area contributed by atoms with Crippen LogP contribution in [0.1, 0.15) is 48.7 Å². The van der Waals surface area contributed by atoms with E-state index in [1.807, 2.05) is 73.7 Å². The molecule has 166 valence electrons. The van der Waals surface area contributed by atoms with Gasteiger partial charge in [-0.15, -0.1) is 0 Å². The van der Waals surface area contributed by atoms with E-state index in [1.54, 1.807) is 0 Å². The van der Waals surface area contributed by atoms with E-state index in [0.29, 0.717) is 12.2 Å². The quantitative estimate of drug-likeness (QED) is 0.269. The first-order chi connectivity index (χ1) is 16.2. The minimum absolute atomic E-state index is 0.0114. The Morgan fingerprint density at radius 1 is 1.00 bits per heavy atom. The van der Waals surface area contributed by atoms with Crippen LogP contribution in [0.15, 0.2) is 90.1 Å². The molecule has 0 bridgehead atoms. The van der Waals surface area contributed by atoms with Gasteiger partial charge in [0.2, 0.25) is 5.95 Å². The predicted molar refractivity (Wildman–Crippen MR) is 132 cm³/mol. The Hall–Kier alpha value is -3.86. The van der Waals surface area contributed by atoms with Crippen LogP contribution in [-0.2, 0) is 0 Å². The first-order valence-corrected chi connectivity index (χ1v) is 11.4. The lowest BCUT2D eigenvalue weighted by molar-refractivity contribution is 0.102. The fourth-order valence-corrected chi connectivity index (χ4v) is 4.40. The predicted octanol–water partition coefficient (Wildman–Crippen LogP) is 6.39. The molecule has 2 heterocycles. The Labute approximate surface area is 193 Å². The van der Waals surface area contributed by atoms with Crippen LogP contribution in [0.4, 0.5) is 5.95 Å². The number of nitrogens with one attached hydrogen (secondary N) is 1. The summed E-state index contributed by atoms with van der Waals surface area (Å²) in [6.45, 7) is 4.81. The molecular formula is C28H27N3O2. The summed E-state index contributed by atoms with van der Waals surface area (Å²) in [6.07, 6.45) is 2.12. The minimum atomic E-state index is -0.300. The van der Waals surface area contributed by atoms with Crippen molar-refractivity contribution in [2.75, 3.05) is 11.9 Å². The van der Waals surface area contributed by atoms with Crippen LogP contribution in [0.3, 0.4) is 0 Å². The average molecular weight is 438 g/mol. The van der Waals surface area contributed by atoms with Crippen LogP contribution in [0, 0.1) is 0 Å². The molecule has 0 unspecified atom stereocenters. The summed E-state index contributed by atoms with van der Waals surface area (Å²) < 4.78 is 8.00. The molecule has 0 amide bonds. The second-order valence-corrected chi connectivity index (χ2v) is 8.33. The molecule has 5 rings (SSSR count). The molecule has 0 fully saturated rings. The number of carbonyl (C=O) groups is 1. The van der Waals surface area contributed by atoms with E-state index in [0.717, 1.165) is 52.4 Å². The van der Waals surface area contributed by atoms with Gasteiger partial charge >= 0.3 is 0 Å². The summed E-state index contributed by atoms with van der Waals surface area (Å²) in [5.74, 6) is 1.59. The molecule has 1 aliphatic heterocycles. The highest BCUT2D eigenvalue weighted by atomic mass is 16.5. The molecule has 1 aromatic heterocycles. The van der Waals surface area contributed by atoms with Crippen molar-refractivity contribution in [1.82, 2.24) is 9.55 Å². The number of hydrogen-bond acceptors (Lipinski definition) is 4. The van der Waals surface area contributed by atoms with Crippen molar-refractivity contribution in [3.05, 3.63) is 101 Å². The maximum Gasteiger partial charge on any atom is 0.209 e. The Morgan fingerprint density at radius 2 is 1.73 bits per heavy atom. The fraction of sp³-hybridized carbons (Fsp3) is 0.214. The number of imidazole rings is 1. The van der Waals surface area contributed by atoms with E-state index >= 15 is 0 Å². The smallest absolute Gasteiger partial charge is 0.209 e. The van der Waals surface area contributed by atoms with Crippen molar-refractivity contribution in [1.29, 1.82) is 0 Å². The standard InChI is InChI=1S/C28H27N3O2/c1-3-4-18-33-22-16-14-20(15-17-22)26-25(27(32)21-10-6-5-7-11-21)19(2)29-28-30-23-12-8-9-13-24(23)31(26)28/h5-17,26H,3-4,18H2,1-2H3,(H,29,30)/t26-/m1/s1. The summed E-state index contributed by atoms with van der Waals surface area (Å²) in [7, 11) is 0. The third-order valence-electron chi connectivity index (χ3n) is 6.07. The third-order valence-corrected chi connectivity index (χ3v) is 6.07. The zero-order chi connectivity index (χ0) is 22.8. The Kier molecular flexibility index (Phi) is 5.69. The molecule has 5 nitrogen and oxygen atoms in total. The number of ketones is 1. The van der Waals surface area contributed by atoms with Crippen LogP contribution < -0.4 is 10.1 Å². The van der Waals surface area contributed by atoms with Crippen LogP contribution in [-0.4, -0.2) is 21.9 Å². The molecule has 0 saturated carbocycles. The van der Waals surface area contributed by atoms with Crippen LogP contribution in [0.5, 0.6) is 5.75 Å². The van der Waals surface area contributed by atoms with Gasteiger partial charge in [-0.3, -0.25) is 9.36 Å². The number of rotatable bonds is 7. The number of anilines is 1. The van der Waals surface area contributed by atoms with E-state index in [1.165, 1.54) is 0 Å². The van der Waals surface area contributed by atoms with Gasteiger partial charge < -0.3 is 10.1 Å². The summed E-state index contributed by atoms with van der Waals surface area (Å²) >= 11 is 0. The zero-order valence-corrected chi connectivity index (χ0v) is 18.9. The highest BCUT2D eigenvalue weighted by Crippen LogP contribution is 2.40. The molecule has 1 aliphatic rings. The summed E-state index contributed by atoms with van der Waals surface area (Å²) in [5.41, 5.74) is 5.11. The molecule has 0 aliphatic carbocycles. The van der Waals surface area contributed by atoms with Gasteiger partial charge in [0.1, 0.15) is 5.75 Å². The van der Waals surface area contributed by atoms with Crippen molar-refractivity contribution in [2.24, 2.45) is 0 Å². The van der Waals surface area contributed by atoms with Gasteiger partial charge in [-0.2, -0.15) is 0 Å². The minimum Gasteiger partial charge on any atom is -0.494 e. The second kappa shape index (κ2) is 8.94. The van der Waals surface area contributed by atoms with Gasteiger partial charge in [0.15, 0.2) is 5.78 Å². The van der Waals surface area contributed by atoms with E-state index in [9.17, 15) is 4.79 Å². The van der Waals surface area contributed by atoms with Gasteiger partial charge in [-0.1, -0.05) is 67.9 Å². The van der Waals surface area contributed by atoms with Crippen molar-refractivity contribution in [3.8, 4) is 5.75 Å². The number of unbranched alkanes of at least 4 members (excludes halogenated alkanes) is 1. The van der Waals surface area contributed by atoms with Crippen molar-refractivity contribution in [2.45, 2.75) is 32.7 Å². The number of allylic oxidation sites excluding steroid dienone is 2. The Bertz CT molecular complexity index is 1320. The number of aromatic nitrogens is 2. The van der Waals surface area contributed by atoms with Crippen LogP contribution in [0.2, 0.25) is 0 Å². The number of hydrogen-bond donors (Lipinski definition) is 1. The van der Waals surface area contributed by atoms with Crippen molar-refractivity contribution >= 4 is 22.8 Å². The van der Waals surface area contributed by atoms with Crippen LogP contribution >= 0.6 is 0 Å². The SMILES string of the molecule is CCCCOc1ccc([C@@H]2C(C(=O)c3ccccc3)=C(C)Nc3nc4ccccc4n32)cc1. The molecule has 0 saturated heterocycles. The Morgan fingerprint density at radius 3 is 2.48 bits per heavy atom. The summed E-state index contributed by atoms with van der Waals surface area (Å²) in [5, 5.41) is 3.38. The van der Waals surface area contributed by atoms with Gasteiger partial charge in [-0.05, 0) is 43.2 Å². The Balaban J connectivity index is 1.63. The molecule has 1 N–H and O–H groups in total. The number of ether oxygens (including phenoxy) is 1. The first kappa shape index (κ1) is 21.0. The van der Waals surface area contributed by atoms with Crippen LogP contribution in [0.25, 0.3) is 11.0 Å². The second-order valence-electron chi connectivity index (χ2n) is 8.33. The third kappa shape index (κ3) is 3.91. The lowest BCUT2D eigenvalue weighted by Gasteiger charge is -2.31. The largest absolute Gasteiger partial charge is 0.494 e. The number of benzene rings is 3. The lowest BCUT2D eigenvalue weighted by atomic mass is 9.89. The maximum atomic E-state index is 13.7. The topological polar surface area (TPSA) is 56.1 Å². The lowest BCUT2D eigenvalue weighted by Crippen LogP contribution is -2.28. The average Bonchev–Trinajstić information content (AvgIpc) is 3.22. The molecule has 33 heavy (non-hydrogen) atoms. The molecule has 3 aromatic carbocycles. The van der Waals surface area contributed by atoms with E-state index < -0.39 is 0 Å². The number of carbonyl (C=O) groups excluding carboxylic acids is 1. The van der Waals surface area contributed by atoms with Gasteiger partial charge in [0.05, 0.1) is 23.7 Å². The van der Waals surface area contributed by atoms with E-state index in [4.69, 9.17) is 9.72 Å². The van der Waals surface area contributed by atoms with Gasteiger partial charge in [0.25, 0.3) is 0 Å². The molecule has 0 radical (unpaired) electrons. The number of Topliss-reactive ketones (excluding diaryl/α,β-unsaturated/α-hetero) is 1. The molecule has 1 atom stereocenters. The number of nitrogens with zero attached hydrogens (tertiary/aromatic N) is 2. The van der Waals surface area contributed by atoms with Crippen molar-refractivity contribution in [3.63, 3.8) is 0 Å². The van der Waals surface area contributed by atoms with E-state index in [2.05, 4.69) is 28.9 Å². The number of fused-ring (bicyclic) bond motifs is 3. The molecule has 5 heteroatoms. The van der Waals surface area contributed by atoms with Gasteiger partial charge in [0, 0.05) is 16.8 Å². The first-order valence-electron chi connectivity index (χ1n) is 11.4. The maximum absolute atomic E-state index is 13.7. The summed E-state index contributed by atoms with van der Waals surface area (Å²) in [6, 6.07) is 25.3. The van der Waals surface area contributed by atoms with E-state index in [-0.39, 0.29) is 11.8 Å². The zero-order valence-electron chi connectivity index (χ0n) is 18.9. The van der Waals surface area contributed by atoms with Crippen molar-refractivity contribution < 1.29 is 9.53 Å². The summed E-state index contributed by atoms with van der Waals surface area (Å²) in [4.78, 5) is 18.5.